The summed E-state index contributed by atoms with van der Waals surface area (Å²) in [6.07, 6.45) is 0. The van der Waals surface area contributed by atoms with Crippen LogP contribution in [0.2, 0.25) is 0 Å². The molecule has 6 nitrogen and oxygen atoms in total. The fourth-order valence-corrected chi connectivity index (χ4v) is 2.80. The Labute approximate surface area is 159 Å². The van der Waals surface area contributed by atoms with Gasteiger partial charge >= 0.3 is 5.97 Å². The molecule has 144 valence electrons. The highest BCUT2D eigenvalue weighted by Crippen LogP contribution is 2.29. The van der Waals surface area contributed by atoms with E-state index in [0.29, 0.717) is 17.9 Å². The number of aryl methyl sites for hydroxylation is 2. The highest BCUT2D eigenvalue weighted by molar-refractivity contribution is 5.95. The SMILES string of the molecule is CCOc1cc(C(=O)NC(C)c2cc(C)cc(C)c2)ccc1OCC(=O)O. The van der Waals surface area contributed by atoms with Crippen molar-refractivity contribution in [3.8, 4) is 11.5 Å². The van der Waals surface area contributed by atoms with Gasteiger partial charge in [0.15, 0.2) is 18.1 Å². The molecule has 0 aliphatic heterocycles. The molecule has 2 rings (SSSR count). The number of amides is 1. The maximum atomic E-state index is 12.6. The summed E-state index contributed by atoms with van der Waals surface area (Å²) in [7, 11) is 0. The second-order valence-corrected chi connectivity index (χ2v) is 6.39. The molecular weight excluding hydrogens is 346 g/mol. The number of ether oxygens (including phenoxy) is 2. The van der Waals surface area contributed by atoms with Gasteiger partial charge < -0.3 is 19.9 Å². The molecule has 0 bridgehead atoms. The first-order chi connectivity index (χ1) is 12.8. The van der Waals surface area contributed by atoms with Gasteiger partial charge in [0, 0.05) is 5.56 Å². The van der Waals surface area contributed by atoms with Gasteiger partial charge in [-0.2, -0.15) is 0 Å². The Morgan fingerprint density at radius 1 is 1.04 bits per heavy atom. The molecule has 1 atom stereocenters. The van der Waals surface area contributed by atoms with Gasteiger partial charge in [0.1, 0.15) is 0 Å². The van der Waals surface area contributed by atoms with Crippen molar-refractivity contribution in [3.63, 3.8) is 0 Å². The lowest BCUT2D eigenvalue weighted by Crippen LogP contribution is -2.26. The van der Waals surface area contributed by atoms with E-state index < -0.39 is 12.6 Å². The molecule has 1 unspecified atom stereocenters. The van der Waals surface area contributed by atoms with Crippen LogP contribution in [0.5, 0.6) is 11.5 Å². The van der Waals surface area contributed by atoms with Crippen molar-refractivity contribution >= 4 is 11.9 Å². The maximum absolute atomic E-state index is 12.6. The van der Waals surface area contributed by atoms with Gasteiger partial charge in [0.2, 0.25) is 0 Å². The Bertz CT molecular complexity index is 811. The number of carboxylic acids is 1. The van der Waals surface area contributed by atoms with E-state index in [1.165, 1.54) is 0 Å². The normalized spacial score (nSPS) is 11.6. The van der Waals surface area contributed by atoms with E-state index in [-0.39, 0.29) is 17.7 Å². The number of hydrogen-bond donors (Lipinski definition) is 2. The van der Waals surface area contributed by atoms with Crippen LogP contribution in [0.15, 0.2) is 36.4 Å². The second kappa shape index (κ2) is 9.07. The summed E-state index contributed by atoms with van der Waals surface area (Å²) in [5.41, 5.74) is 3.74. The zero-order valence-electron chi connectivity index (χ0n) is 16.0. The topological polar surface area (TPSA) is 84.9 Å². The van der Waals surface area contributed by atoms with E-state index >= 15 is 0 Å². The van der Waals surface area contributed by atoms with Crippen molar-refractivity contribution in [1.82, 2.24) is 5.32 Å². The number of carbonyl (C=O) groups excluding carboxylic acids is 1. The molecule has 0 aliphatic carbocycles. The standard InChI is InChI=1S/C21H25NO5/c1-5-26-19-11-16(6-7-18(19)27-12-20(23)24)21(25)22-15(4)17-9-13(2)8-14(3)10-17/h6-11,15H,5,12H2,1-4H3,(H,22,25)(H,23,24). The maximum Gasteiger partial charge on any atom is 0.341 e. The average Bonchev–Trinajstić information content (AvgIpc) is 2.59. The van der Waals surface area contributed by atoms with E-state index in [1.807, 2.05) is 32.9 Å². The van der Waals surface area contributed by atoms with Gasteiger partial charge in [0.05, 0.1) is 12.6 Å². The Kier molecular flexibility index (Phi) is 6.82. The quantitative estimate of drug-likeness (QED) is 0.740. The van der Waals surface area contributed by atoms with E-state index in [0.717, 1.165) is 16.7 Å². The molecular formula is C21H25NO5. The largest absolute Gasteiger partial charge is 0.490 e. The van der Waals surface area contributed by atoms with Crippen molar-refractivity contribution in [1.29, 1.82) is 0 Å². The van der Waals surface area contributed by atoms with Crippen LogP contribution < -0.4 is 14.8 Å². The minimum Gasteiger partial charge on any atom is -0.490 e. The van der Waals surface area contributed by atoms with Crippen molar-refractivity contribution in [3.05, 3.63) is 58.7 Å². The smallest absolute Gasteiger partial charge is 0.341 e. The summed E-state index contributed by atoms with van der Waals surface area (Å²) in [6.45, 7) is 7.67. The number of rotatable bonds is 8. The molecule has 27 heavy (non-hydrogen) atoms. The number of nitrogens with one attached hydrogen (secondary N) is 1. The first-order valence-electron chi connectivity index (χ1n) is 8.80. The van der Waals surface area contributed by atoms with Crippen LogP contribution in [0.4, 0.5) is 0 Å². The van der Waals surface area contributed by atoms with Gasteiger partial charge in [-0.25, -0.2) is 4.79 Å². The zero-order valence-corrected chi connectivity index (χ0v) is 16.0. The van der Waals surface area contributed by atoms with E-state index in [4.69, 9.17) is 14.6 Å². The summed E-state index contributed by atoms with van der Waals surface area (Å²) in [6, 6.07) is 10.7. The van der Waals surface area contributed by atoms with Crippen molar-refractivity contribution < 1.29 is 24.2 Å². The Morgan fingerprint density at radius 2 is 1.70 bits per heavy atom. The third kappa shape index (κ3) is 5.74. The lowest BCUT2D eigenvalue weighted by molar-refractivity contribution is -0.139. The minimum atomic E-state index is -1.08. The number of carbonyl (C=O) groups is 2. The van der Waals surface area contributed by atoms with Gasteiger partial charge in [-0.1, -0.05) is 29.3 Å². The van der Waals surface area contributed by atoms with Crippen molar-refractivity contribution in [2.45, 2.75) is 33.7 Å². The molecule has 0 fully saturated rings. The molecule has 6 heteroatoms. The molecule has 0 heterocycles. The van der Waals surface area contributed by atoms with Crippen LogP contribution in [-0.4, -0.2) is 30.2 Å². The van der Waals surface area contributed by atoms with Gasteiger partial charge in [0.25, 0.3) is 5.91 Å². The number of hydrogen-bond acceptors (Lipinski definition) is 4. The van der Waals surface area contributed by atoms with Crippen molar-refractivity contribution in [2.24, 2.45) is 0 Å². The first kappa shape index (κ1) is 20.3. The van der Waals surface area contributed by atoms with Crippen LogP contribution in [-0.2, 0) is 4.79 Å². The second-order valence-electron chi connectivity index (χ2n) is 6.39. The Morgan fingerprint density at radius 3 is 2.30 bits per heavy atom. The lowest BCUT2D eigenvalue weighted by Gasteiger charge is -2.17. The fraction of sp³-hybridized carbons (Fsp3) is 0.333. The molecule has 2 aromatic rings. The van der Waals surface area contributed by atoms with Crippen LogP contribution in [0, 0.1) is 13.8 Å². The molecule has 2 aromatic carbocycles. The van der Waals surface area contributed by atoms with E-state index in [9.17, 15) is 9.59 Å². The molecule has 2 N–H and O–H groups in total. The highest BCUT2D eigenvalue weighted by Gasteiger charge is 2.15. The van der Waals surface area contributed by atoms with Gasteiger partial charge in [-0.3, -0.25) is 4.79 Å². The molecule has 1 amide bonds. The third-order valence-corrected chi connectivity index (χ3v) is 3.95. The monoisotopic (exact) mass is 371 g/mol. The molecule has 0 saturated carbocycles. The molecule has 0 saturated heterocycles. The Hall–Kier alpha value is -3.02. The number of carboxylic acid groups (broad SMARTS) is 1. The zero-order chi connectivity index (χ0) is 20.0. The van der Waals surface area contributed by atoms with Crippen LogP contribution in [0.3, 0.4) is 0 Å². The van der Waals surface area contributed by atoms with E-state index in [2.05, 4.69) is 11.4 Å². The number of aliphatic carboxylic acids is 1. The number of benzene rings is 2. The summed E-state index contributed by atoms with van der Waals surface area (Å²) in [4.78, 5) is 23.3. The van der Waals surface area contributed by atoms with Gasteiger partial charge in [-0.15, -0.1) is 0 Å². The van der Waals surface area contributed by atoms with Crippen LogP contribution >= 0.6 is 0 Å². The van der Waals surface area contributed by atoms with Crippen LogP contribution in [0.25, 0.3) is 0 Å². The van der Waals surface area contributed by atoms with Crippen LogP contribution in [0.1, 0.15) is 46.9 Å². The Balaban J connectivity index is 2.17. The average molecular weight is 371 g/mol. The summed E-state index contributed by atoms with van der Waals surface area (Å²) in [5.74, 6) is -0.697. The minimum absolute atomic E-state index is 0.158. The summed E-state index contributed by atoms with van der Waals surface area (Å²) < 4.78 is 10.7. The first-order valence-corrected chi connectivity index (χ1v) is 8.80. The van der Waals surface area contributed by atoms with Crippen molar-refractivity contribution in [2.75, 3.05) is 13.2 Å². The molecule has 0 radical (unpaired) electrons. The third-order valence-electron chi connectivity index (χ3n) is 3.95. The molecule has 0 aromatic heterocycles. The summed E-state index contributed by atoms with van der Waals surface area (Å²) in [5, 5.41) is 11.7. The van der Waals surface area contributed by atoms with Gasteiger partial charge in [-0.05, 0) is 51.5 Å². The molecule has 0 spiro atoms. The summed E-state index contributed by atoms with van der Waals surface area (Å²) >= 11 is 0. The fourth-order valence-electron chi connectivity index (χ4n) is 2.80. The predicted molar refractivity (Wildman–Crippen MR) is 103 cm³/mol. The highest BCUT2D eigenvalue weighted by atomic mass is 16.5. The van der Waals surface area contributed by atoms with E-state index in [1.54, 1.807) is 25.1 Å². The predicted octanol–water partition coefficient (Wildman–Crippen LogP) is 3.66. The lowest BCUT2D eigenvalue weighted by atomic mass is 10.0. The molecule has 0 aliphatic rings.